The first-order valence-electron chi connectivity index (χ1n) is 8.05. The Morgan fingerprint density at radius 3 is 2.65 bits per heavy atom. The summed E-state index contributed by atoms with van der Waals surface area (Å²) in [5, 5.41) is 0. The second kappa shape index (κ2) is 7.49. The zero-order valence-corrected chi connectivity index (χ0v) is 15.8. The molecule has 0 bridgehead atoms. The first-order valence-corrected chi connectivity index (χ1v) is 11.4. The minimum Gasteiger partial charge on any atom is -0.443 e. The van der Waals surface area contributed by atoms with Gasteiger partial charge >= 0.3 is 6.09 Å². The fourth-order valence-corrected chi connectivity index (χ4v) is 4.42. The fraction of sp³-hybridized carbons (Fsp3) is 0.533. The Morgan fingerprint density at radius 1 is 1.35 bits per heavy atom. The smallest absolute Gasteiger partial charge is 0.414 e. The molecule has 0 radical (unpaired) electrons. The number of nitrogens with zero attached hydrogens (tertiary/aromatic N) is 2. The van der Waals surface area contributed by atoms with Crippen molar-refractivity contribution in [2.45, 2.75) is 6.10 Å². The van der Waals surface area contributed by atoms with Crippen molar-refractivity contribution in [3.05, 3.63) is 24.0 Å². The molecule has 2 fully saturated rings. The molecule has 2 saturated heterocycles. The number of anilines is 2. The molecule has 1 aromatic rings. The van der Waals surface area contributed by atoms with E-state index >= 15 is 0 Å². The molecule has 0 aliphatic carbocycles. The van der Waals surface area contributed by atoms with Gasteiger partial charge in [-0.15, -0.1) is 0 Å². The quantitative estimate of drug-likeness (QED) is 0.756. The maximum Gasteiger partial charge on any atom is 0.414 e. The average Bonchev–Trinajstić information content (AvgIpc) is 2.94. The van der Waals surface area contributed by atoms with Crippen LogP contribution in [0.5, 0.6) is 0 Å². The van der Waals surface area contributed by atoms with Crippen molar-refractivity contribution in [2.24, 2.45) is 0 Å². The van der Waals surface area contributed by atoms with Crippen LogP contribution in [0.1, 0.15) is 0 Å². The zero-order chi connectivity index (χ0) is 18.9. The number of amides is 1. The van der Waals surface area contributed by atoms with Crippen LogP contribution in [0.3, 0.4) is 0 Å². The molecule has 26 heavy (non-hydrogen) atoms. The number of cyclic esters (lactones) is 1. The predicted octanol–water partition coefficient (Wildman–Crippen LogP) is 0.269. The first-order chi connectivity index (χ1) is 12.2. The Balaban J connectivity index is 1.69. The van der Waals surface area contributed by atoms with E-state index in [9.17, 15) is 21.8 Å². The maximum atomic E-state index is 14.5. The van der Waals surface area contributed by atoms with Gasteiger partial charge in [0.05, 0.1) is 24.2 Å². The largest absolute Gasteiger partial charge is 0.443 e. The van der Waals surface area contributed by atoms with Crippen LogP contribution in [-0.4, -0.2) is 68.8 Å². The van der Waals surface area contributed by atoms with Gasteiger partial charge in [0.2, 0.25) is 10.0 Å². The third-order valence-corrected chi connectivity index (χ3v) is 6.18. The SMILES string of the molecule is CS(=O)(=O)NC[C@H]1CN(c2ccc(N3CCS(=O)CC3)c(F)c2)C(=O)O1. The molecule has 0 spiro atoms. The highest BCUT2D eigenvalue weighted by Crippen LogP contribution is 2.28. The summed E-state index contributed by atoms with van der Waals surface area (Å²) in [7, 11) is -4.23. The normalized spacial score (nSPS) is 21.9. The third kappa shape index (κ3) is 4.51. The average molecular weight is 405 g/mol. The van der Waals surface area contributed by atoms with Gasteiger partial charge in [0.25, 0.3) is 0 Å². The Labute approximate surface area is 153 Å². The molecule has 3 rings (SSSR count). The molecule has 144 valence electrons. The Bertz CT molecular complexity index is 823. The van der Waals surface area contributed by atoms with Crippen LogP contribution in [0.15, 0.2) is 18.2 Å². The number of carbonyl (C=O) groups is 1. The standard InChI is InChI=1S/C15H20FN3O5S2/c1-26(22,23)17-9-12-10-19(15(20)24-12)11-2-3-14(13(16)8-11)18-4-6-25(21)7-5-18/h2-3,8,12,17H,4-7,9-10H2,1H3/t12-/m0/s1. The number of sulfonamides is 1. The third-order valence-electron chi connectivity index (χ3n) is 4.21. The molecule has 1 atom stereocenters. The Morgan fingerprint density at radius 2 is 2.04 bits per heavy atom. The molecule has 2 heterocycles. The fourth-order valence-electron chi connectivity index (χ4n) is 2.88. The van der Waals surface area contributed by atoms with Crippen LogP contribution < -0.4 is 14.5 Å². The molecule has 1 amide bonds. The lowest BCUT2D eigenvalue weighted by Crippen LogP contribution is -2.38. The summed E-state index contributed by atoms with van der Waals surface area (Å²) in [6.07, 6.45) is -0.269. The molecular formula is C15H20FN3O5S2. The summed E-state index contributed by atoms with van der Waals surface area (Å²) < 4.78 is 55.6. The molecule has 11 heteroatoms. The maximum absolute atomic E-state index is 14.5. The lowest BCUT2D eigenvalue weighted by molar-refractivity contribution is 0.143. The van der Waals surface area contributed by atoms with E-state index < -0.39 is 38.8 Å². The van der Waals surface area contributed by atoms with Crippen molar-refractivity contribution < 1.29 is 26.5 Å². The van der Waals surface area contributed by atoms with E-state index in [1.54, 1.807) is 12.1 Å². The number of nitrogens with one attached hydrogen (secondary N) is 1. The van der Waals surface area contributed by atoms with Crippen LogP contribution in [-0.2, 0) is 25.6 Å². The van der Waals surface area contributed by atoms with Crippen LogP contribution in [0, 0.1) is 5.82 Å². The van der Waals surface area contributed by atoms with Crippen molar-refractivity contribution in [3.8, 4) is 0 Å². The van der Waals surface area contributed by atoms with Crippen molar-refractivity contribution in [1.82, 2.24) is 4.72 Å². The highest BCUT2D eigenvalue weighted by Gasteiger charge is 2.33. The summed E-state index contributed by atoms with van der Waals surface area (Å²) in [4.78, 5) is 15.1. The van der Waals surface area contributed by atoms with Gasteiger partial charge in [-0.05, 0) is 18.2 Å². The molecule has 2 aliphatic heterocycles. The first kappa shape index (κ1) is 19.1. The van der Waals surface area contributed by atoms with Gasteiger partial charge in [-0.1, -0.05) is 0 Å². The van der Waals surface area contributed by atoms with E-state index in [4.69, 9.17) is 4.74 Å². The van der Waals surface area contributed by atoms with Gasteiger partial charge in [-0.25, -0.2) is 22.3 Å². The van der Waals surface area contributed by atoms with Crippen molar-refractivity contribution in [1.29, 1.82) is 0 Å². The number of hydrogen-bond acceptors (Lipinski definition) is 6. The predicted molar refractivity (Wildman–Crippen MR) is 97.0 cm³/mol. The molecule has 2 aliphatic rings. The molecule has 0 unspecified atom stereocenters. The van der Waals surface area contributed by atoms with Gasteiger partial charge in [0, 0.05) is 41.9 Å². The van der Waals surface area contributed by atoms with Crippen LogP contribution in [0.2, 0.25) is 0 Å². The van der Waals surface area contributed by atoms with E-state index in [1.807, 2.05) is 4.90 Å². The van der Waals surface area contributed by atoms with Crippen LogP contribution in [0.25, 0.3) is 0 Å². The summed E-state index contributed by atoms with van der Waals surface area (Å²) in [6, 6.07) is 4.47. The van der Waals surface area contributed by atoms with Crippen molar-refractivity contribution in [2.75, 3.05) is 53.7 Å². The number of hydrogen-bond donors (Lipinski definition) is 1. The number of ether oxygens (including phenoxy) is 1. The Kier molecular flexibility index (Phi) is 5.49. The van der Waals surface area contributed by atoms with Gasteiger partial charge in [0.15, 0.2) is 0 Å². The monoisotopic (exact) mass is 405 g/mol. The lowest BCUT2D eigenvalue weighted by atomic mass is 10.2. The molecule has 8 nitrogen and oxygen atoms in total. The zero-order valence-electron chi connectivity index (χ0n) is 14.2. The van der Waals surface area contributed by atoms with Gasteiger partial charge < -0.3 is 9.64 Å². The van der Waals surface area contributed by atoms with Gasteiger partial charge in [0.1, 0.15) is 11.9 Å². The van der Waals surface area contributed by atoms with Crippen molar-refractivity contribution >= 4 is 38.3 Å². The van der Waals surface area contributed by atoms with Crippen molar-refractivity contribution in [3.63, 3.8) is 0 Å². The van der Waals surface area contributed by atoms with Crippen LogP contribution >= 0.6 is 0 Å². The van der Waals surface area contributed by atoms with E-state index in [0.29, 0.717) is 36.0 Å². The highest BCUT2D eigenvalue weighted by molar-refractivity contribution is 7.88. The molecule has 1 aromatic carbocycles. The topological polar surface area (TPSA) is 96.0 Å². The van der Waals surface area contributed by atoms with Gasteiger partial charge in [-0.3, -0.25) is 9.11 Å². The summed E-state index contributed by atoms with van der Waals surface area (Å²) >= 11 is 0. The molecule has 0 aromatic heterocycles. The summed E-state index contributed by atoms with van der Waals surface area (Å²) in [5.41, 5.74) is 0.756. The van der Waals surface area contributed by atoms with Gasteiger partial charge in [-0.2, -0.15) is 0 Å². The second-order valence-electron chi connectivity index (χ2n) is 6.21. The number of halogens is 1. The summed E-state index contributed by atoms with van der Waals surface area (Å²) in [5.74, 6) is 0.546. The highest BCUT2D eigenvalue weighted by atomic mass is 32.2. The number of carbonyl (C=O) groups excluding carboxylic acids is 1. The second-order valence-corrected chi connectivity index (χ2v) is 9.74. The summed E-state index contributed by atoms with van der Waals surface area (Å²) in [6.45, 7) is 1.14. The minimum absolute atomic E-state index is 0.0352. The van der Waals surface area contributed by atoms with E-state index in [-0.39, 0.29) is 13.1 Å². The van der Waals surface area contributed by atoms with E-state index in [1.165, 1.54) is 11.0 Å². The van der Waals surface area contributed by atoms with E-state index in [0.717, 1.165) is 6.26 Å². The molecule has 1 N–H and O–H groups in total. The Hall–Kier alpha value is -1.72. The number of benzene rings is 1. The van der Waals surface area contributed by atoms with E-state index in [2.05, 4.69) is 4.72 Å². The minimum atomic E-state index is -3.39. The van der Waals surface area contributed by atoms with Crippen LogP contribution in [0.4, 0.5) is 20.6 Å². The number of rotatable bonds is 5. The molecular weight excluding hydrogens is 385 g/mol. The lowest BCUT2D eigenvalue weighted by Gasteiger charge is -2.29. The molecule has 0 saturated carbocycles.